The first-order chi connectivity index (χ1) is 9.92. The summed E-state index contributed by atoms with van der Waals surface area (Å²) < 4.78 is 31.3. The van der Waals surface area contributed by atoms with Gasteiger partial charge in [0.25, 0.3) is 5.56 Å². The number of ether oxygens (including phenoxy) is 1. The second-order valence-corrected chi connectivity index (χ2v) is 5.19. The zero-order valence-corrected chi connectivity index (χ0v) is 12.6. The first-order valence-corrected chi connectivity index (χ1v) is 6.76. The van der Waals surface area contributed by atoms with Crippen LogP contribution in [0.15, 0.2) is 27.5 Å². The molecular weight excluding hydrogens is 350 g/mol. The van der Waals surface area contributed by atoms with Gasteiger partial charge in [-0.15, -0.1) is 0 Å². The Morgan fingerprint density at radius 2 is 2.14 bits per heavy atom. The van der Waals surface area contributed by atoms with E-state index >= 15 is 0 Å². The second kappa shape index (κ2) is 6.30. The van der Waals surface area contributed by atoms with E-state index in [1.54, 1.807) is 12.1 Å². The van der Waals surface area contributed by atoms with Gasteiger partial charge in [-0.05, 0) is 18.2 Å². The van der Waals surface area contributed by atoms with Crippen LogP contribution in [0.2, 0.25) is 0 Å². The summed E-state index contributed by atoms with van der Waals surface area (Å²) in [5.41, 5.74) is -0.467. The average molecular weight is 361 g/mol. The van der Waals surface area contributed by atoms with E-state index in [2.05, 4.69) is 25.8 Å². The van der Waals surface area contributed by atoms with Crippen molar-refractivity contribution < 1.29 is 18.3 Å². The highest BCUT2D eigenvalue weighted by molar-refractivity contribution is 9.10. The molecule has 0 radical (unpaired) electrons. The van der Waals surface area contributed by atoms with Gasteiger partial charge in [-0.1, -0.05) is 15.9 Å². The molecule has 1 aromatic carbocycles. The van der Waals surface area contributed by atoms with Crippen molar-refractivity contribution in [1.82, 2.24) is 9.78 Å². The Kier molecular flexibility index (Phi) is 4.66. The number of carbonyl (C=O) groups is 1. The molecule has 0 aliphatic heterocycles. The summed E-state index contributed by atoms with van der Waals surface area (Å²) in [6.07, 6.45) is -3.21. The lowest BCUT2D eigenvalue weighted by Crippen LogP contribution is -2.29. The quantitative estimate of drug-likeness (QED) is 0.783. The van der Waals surface area contributed by atoms with E-state index in [1.807, 2.05) is 0 Å². The number of alkyl halides is 2. The van der Waals surface area contributed by atoms with Gasteiger partial charge in [0.05, 0.1) is 24.6 Å². The third-order valence-corrected chi connectivity index (χ3v) is 3.35. The molecule has 5 nitrogen and oxygen atoms in total. The Bertz CT molecular complexity index is 746. The number of halogens is 3. The van der Waals surface area contributed by atoms with Crippen LogP contribution in [0.25, 0.3) is 10.8 Å². The summed E-state index contributed by atoms with van der Waals surface area (Å²) >= 11 is 3.23. The highest BCUT2D eigenvalue weighted by Crippen LogP contribution is 2.21. The predicted octanol–water partition coefficient (Wildman–Crippen LogP) is 2.14. The van der Waals surface area contributed by atoms with Gasteiger partial charge in [-0.3, -0.25) is 9.59 Å². The zero-order chi connectivity index (χ0) is 15.6. The fourth-order valence-electron chi connectivity index (χ4n) is 1.92. The fraction of sp³-hybridized carbons (Fsp3) is 0.308. The van der Waals surface area contributed by atoms with E-state index in [0.717, 1.165) is 4.68 Å². The fourth-order valence-corrected chi connectivity index (χ4v) is 2.28. The molecule has 1 heterocycles. The van der Waals surface area contributed by atoms with Crippen LogP contribution in [0.5, 0.6) is 0 Å². The minimum Gasteiger partial charge on any atom is -0.468 e. The molecule has 0 saturated heterocycles. The van der Waals surface area contributed by atoms with E-state index in [-0.39, 0.29) is 11.1 Å². The molecule has 0 aliphatic rings. The van der Waals surface area contributed by atoms with Crippen LogP contribution in [0, 0.1) is 0 Å². The number of esters is 1. The van der Waals surface area contributed by atoms with Crippen molar-refractivity contribution in [2.45, 2.75) is 19.4 Å². The summed E-state index contributed by atoms with van der Waals surface area (Å²) in [7, 11) is 1.17. The molecule has 0 spiro atoms. The molecule has 0 unspecified atom stereocenters. The summed E-state index contributed by atoms with van der Waals surface area (Å²) in [5.74, 6) is -0.677. The van der Waals surface area contributed by atoms with Gasteiger partial charge in [-0.2, -0.15) is 5.10 Å². The molecule has 0 bridgehead atoms. The van der Waals surface area contributed by atoms with Crippen molar-refractivity contribution in [3.63, 3.8) is 0 Å². The molecule has 21 heavy (non-hydrogen) atoms. The highest BCUT2D eigenvalue weighted by Gasteiger charge is 2.16. The predicted molar refractivity (Wildman–Crippen MR) is 75.4 cm³/mol. The lowest BCUT2D eigenvalue weighted by Gasteiger charge is -2.10. The van der Waals surface area contributed by atoms with Crippen LogP contribution >= 0.6 is 15.9 Å². The Hall–Kier alpha value is -1.83. The average Bonchev–Trinajstić information content (AvgIpc) is 2.43. The van der Waals surface area contributed by atoms with Crippen LogP contribution in [-0.4, -0.2) is 29.3 Å². The minimum absolute atomic E-state index is 0.0600. The molecule has 0 N–H and O–H groups in total. The van der Waals surface area contributed by atoms with Gasteiger partial charge in [0.1, 0.15) is 6.54 Å². The van der Waals surface area contributed by atoms with Gasteiger partial charge >= 0.3 is 5.97 Å². The van der Waals surface area contributed by atoms with Gasteiger partial charge in [-0.25, -0.2) is 13.5 Å². The molecule has 0 fully saturated rings. The van der Waals surface area contributed by atoms with Crippen molar-refractivity contribution >= 4 is 32.7 Å². The SMILES string of the molecule is COC(=O)Cn1nc(CC(F)F)c2cc(Br)ccc2c1=O. The van der Waals surface area contributed by atoms with Crippen molar-refractivity contribution in [1.29, 1.82) is 0 Å². The molecule has 0 aliphatic carbocycles. The van der Waals surface area contributed by atoms with E-state index in [4.69, 9.17) is 0 Å². The number of aromatic nitrogens is 2. The molecule has 1 aromatic heterocycles. The van der Waals surface area contributed by atoms with Gasteiger partial charge < -0.3 is 4.74 Å². The smallest absolute Gasteiger partial charge is 0.327 e. The van der Waals surface area contributed by atoms with Gasteiger partial charge in [0.15, 0.2) is 0 Å². The summed E-state index contributed by atoms with van der Waals surface area (Å²) in [6.45, 7) is -0.419. The van der Waals surface area contributed by atoms with E-state index in [0.29, 0.717) is 9.86 Å². The first kappa shape index (κ1) is 15.6. The maximum absolute atomic E-state index is 12.7. The monoisotopic (exact) mass is 360 g/mol. The summed E-state index contributed by atoms with van der Waals surface area (Å²) in [4.78, 5) is 23.5. The molecule has 8 heteroatoms. The molecule has 2 aromatic rings. The Morgan fingerprint density at radius 1 is 1.43 bits per heavy atom. The Balaban J connectivity index is 2.66. The van der Waals surface area contributed by atoms with Crippen molar-refractivity contribution in [3.05, 3.63) is 38.7 Å². The van der Waals surface area contributed by atoms with Crippen LogP contribution in [0.4, 0.5) is 8.78 Å². The highest BCUT2D eigenvalue weighted by atomic mass is 79.9. The number of carbonyl (C=O) groups excluding carboxylic acids is 1. The number of rotatable bonds is 4. The zero-order valence-electron chi connectivity index (χ0n) is 11.0. The summed E-state index contributed by atoms with van der Waals surface area (Å²) in [5, 5.41) is 4.44. The van der Waals surface area contributed by atoms with Crippen molar-refractivity contribution in [2.75, 3.05) is 7.11 Å². The summed E-state index contributed by atoms with van der Waals surface area (Å²) in [6, 6.07) is 4.69. The third-order valence-electron chi connectivity index (χ3n) is 2.85. The first-order valence-electron chi connectivity index (χ1n) is 5.96. The van der Waals surface area contributed by atoms with Gasteiger partial charge in [0.2, 0.25) is 6.43 Å². The molecule has 0 saturated carbocycles. The normalized spacial score (nSPS) is 11.1. The number of hydrogen-bond donors (Lipinski definition) is 0. The minimum atomic E-state index is -2.61. The lowest BCUT2D eigenvalue weighted by molar-refractivity contribution is -0.141. The van der Waals surface area contributed by atoms with Crippen LogP contribution in [0.1, 0.15) is 5.69 Å². The van der Waals surface area contributed by atoms with E-state index in [9.17, 15) is 18.4 Å². The van der Waals surface area contributed by atoms with Crippen LogP contribution in [-0.2, 0) is 22.5 Å². The maximum Gasteiger partial charge on any atom is 0.327 e. The maximum atomic E-state index is 12.7. The number of hydrogen-bond acceptors (Lipinski definition) is 4. The number of nitrogens with zero attached hydrogens (tertiary/aromatic N) is 2. The van der Waals surface area contributed by atoms with Gasteiger partial charge in [0, 0.05) is 9.86 Å². The van der Waals surface area contributed by atoms with Crippen molar-refractivity contribution in [3.8, 4) is 0 Å². The van der Waals surface area contributed by atoms with E-state index < -0.39 is 30.9 Å². The van der Waals surface area contributed by atoms with Crippen LogP contribution in [0.3, 0.4) is 0 Å². The molecule has 0 amide bonds. The largest absolute Gasteiger partial charge is 0.468 e. The number of methoxy groups -OCH3 is 1. The number of benzene rings is 1. The van der Waals surface area contributed by atoms with E-state index in [1.165, 1.54) is 13.2 Å². The second-order valence-electron chi connectivity index (χ2n) is 4.27. The third kappa shape index (κ3) is 3.44. The molecule has 2 rings (SSSR count). The Morgan fingerprint density at radius 3 is 2.76 bits per heavy atom. The topological polar surface area (TPSA) is 61.2 Å². The lowest BCUT2D eigenvalue weighted by atomic mass is 10.1. The molecular formula is C13H11BrF2N2O3. The molecule has 0 atom stereocenters. The Labute approximate surface area is 126 Å². The van der Waals surface area contributed by atoms with Crippen molar-refractivity contribution in [2.24, 2.45) is 0 Å². The number of fused-ring (bicyclic) bond motifs is 1. The van der Waals surface area contributed by atoms with Crippen LogP contribution < -0.4 is 5.56 Å². The standard InChI is InChI=1S/C13H11BrF2N2O3/c1-21-12(19)6-18-13(20)8-3-2-7(14)4-9(8)10(17-18)5-11(15)16/h2-4,11H,5-6H2,1H3. The molecule has 112 valence electrons.